The number of nitrogens with two attached hydrogens (primary N) is 1. The summed E-state index contributed by atoms with van der Waals surface area (Å²) in [4.78, 5) is 28.0. The molecule has 0 bridgehead atoms. The first-order valence-electron chi connectivity index (χ1n) is 7.24. The summed E-state index contributed by atoms with van der Waals surface area (Å²) >= 11 is 0. The van der Waals surface area contributed by atoms with Crippen molar-refractivity contribution < 1.29 is 14.5 Å². The number of ether oxygens (including phenoxy) is 1. The van der Waals surface area contributed by atoms with E-state index in [1.807, 2.05) is 6.08 Å². The number of carbonyl (C=O) groups excluding carboxylic acids is 1. The normalized spacial score (nSPS) is 15.1. The van der Waals surface area contributed by atoms with Crippen molar-refractivity contribution in [2.24, 2.45) is 0 Å². The van der Waals surface area contributed by atoms with Crippen molar-refractivity contribution in [1.29, 1.82) is 0 Å². The third-order valence-corrected chi connectivity index (χ3v) is 3.27. The van der Waals surface area contributed by atoms with Crippen molar-refractivity contribution in [1.82, 2.24) is 9.88 Å². The lowest BCUT2D eigenvalue weighted by Gasteiger charge is -2.30. The third kappa shape index (κ3) is 4.18. The molecule has 1 aliphatic rings. The van der Waals surface area contributed by atoms with E-state index >= 15 is 0 Å². The van der Waals surface area contributed by atoms with Gasteiger partial charge >= 0.3 is 11.8 Å². The molecule has 0 fully saturated rings. The molecule has 8 nitrogen and oxygen atoms in total. The molecular formula is C15H20N4O4. The van der Waals surface area contributed by atoms with Gasteiger partial charge in [-0.25, -0.2) is 9.78 Å². The fourth-order valence-corrected chi connectivity index (χ4v) is 2.22. The van der Waals surface area contributed by atoms with Gasteiger partial charge in [0, 0.05) is 30.9 Å². The summed E-state index contributed by atoms with van der Waals surface area (Å²) in [5.74, 6) is -0.126. The molecule has 0 unspecified atom stereocenters. The summed E-state index contributed by atoms with van der Waals surface area (Å²) < 4.78 is 5.36. The summed E-state index contributed by atoms with van der Waals surface area (Å²) in [6, 6.07) is 1.38. The number of amides is 1. The van der Waals surface area contributed by atoms with Gasteiger partial charge in [-0.2, -0.15) is 0 Å². The van der Waals surface area contributed by atoms with Gasteiger partial charge in [0.15, 0.2) is 0 Å². The average molecular weight is 320 g/mol. The average Bonchev–Trinajstić information content (AvgIpc) is 2.46. The number of nitrogens with zero attached hydrogens (tertiary/aromatic N) is 3. The van der Waals surface area contributed by atoms with E-state index in [0.717, 1.165) is 5.57 Å². The van der Waals surface area contributed by atoms with Crippen molar-refractivity contribution in [3.8, 4) is 0 Å². The highest BCUT2D eigenvalue weighted by Crippen LogP contribution is 2.27. The molecule has 23 heavy (non-hydrogen) atoms. The summed E-state index contributed by atoms with van der Waals surface area (Å²) in [6.07, 6.45) is 3.66. The molecule has 0 radical (unpaired) electrons. The third-order valence-electron chi connectivity index (χ3n) is 3.27. The summed E-state index contributed by atoms with van der Waals surface area (Å²) in [5, 5.41) is 11.0. The van der Waals surface area contributed by atoms with E-state index in [-0.39, 0.29) is 11.5 Å². The van der Waals surface area contributed by atoms with Crippen LogP contribution in [-0.2, 0) is 4.74 Å². The first kappa shape index (κ1) is 16.7. The Balaban J connectivity index is 2.19. The summed E-state index contributed by atoms with van der Waals surface area (Å²) in [5.41, 5.74) is 6.07. The molecule has 0 saturated carbocycles. The van der Waals surface area contributed by atoms with E-state index in [1.54, 1.807) is 25.7 Å². The smallest absolute Gasteiger partial charge is 0.410 e. The molecule has 124 valence electrons. The highest BCUT2D eigenvalue weighted by molar-refractivity contribution is 5.76. The molecule has 8 heteroatoms. The lowest BCUT2D eigenvalue weighted by Crippen LogP contribution is -2.39. The molecule has 2 rings (SSSR count). The summed E-state index contributed by atoms with van der Waals surface area (Å²) in [6.45, 7) is 6.27. The first-order valence-corrected chi connectivity index (χ1v) is 7.24. The Morgan fingerprint density at radius 1 is 1.48 bits per heavy atom. The number of nitrogen functional groups attached to an aromatic ring is 1. The Morgan fingerprint density at radius 3 is 2.78 bits per heavy atom. The Morgan fingerprint density at radius 2 is 2.17 bits per heavy atom. The van der Waals surface area contributed by atoms with E-state index in [9.17, 15) is 14.9 Å². The number of aromatic nitrogens is 1. The monoisotopic (exact) mass is 320 g/mol. The maximum Gasteiger partial charge on any atom is 0.410 e. The standard InChI is InChI=1S/C15H20N4O4/c1-15(2,3)23-14(20)18-6-4-5-10(9-18)11-7-12(19(21)22)13(16)17-8-11/h5,7-8H,4,6,9H2,1-3H3,(H2,16,17). The minimum atomic E-state index is -0.569. The van der Waals surface area contributed by atoms with Gasteiger partial charge in [0.2, 0.25) is 5.82 Å². The van der Waals surface area contributed by atoms with Crippen LogP contribution in [0.15, 0.2) is 18.3 Å². The van der Waals surface area contributed by atoms with Crippen LogP contribution in [0.5, 0.6) is 0 Å². The molecule has 1 aromatic rings. The van der Waals surface area contributed by atoms with E-state index in [1.165, 1.54) is 12.3 Å². The predicted octanol–water partition coefficient (Wildman–Crippen LogP) is 2.60. The quantitative estimate of drug-likeness (QED) is 0.662. The number of hydrogen-bond acceptors (Lipinski definition) is 6. The van der Waals surface area contributed by atoms with Crippen molar-refractivity contribution in [3.63, 3.8) is 0 Å². The molecule has 0 saturated heterocycles. The van der Waals surface area contributed by atoms with Crippen LogP contribution >= 0.6 is 0 Å². The number of anilines is 1. The van der Waals surface area contributed by atoms with Crippen molar-refractivity contribution >= 4 is 23.2 Å². The van der Waals surface area contributed by atoms with Crippen LogP contribution in [0.3, 0.4) is 0 Å². The number of nitro groups is 1. The van der Waals surface area contributed by atoms with Gasteiger partial charge in [-0.3, -0.25) is 10.1 Å². The van der Waals surface area contributed by atoms with Gasteiger partial charge in [-0.05, 0) is 32.8 Å². The number of carbonyl (C=O) groups is 1. The van der Waals surface area contributed by atoms with Crippen LogP contribution in [0, 0.1) is 10.1 Å². The molecule has 1 aliphatic heterocycles. The minimum absolute atomic E-state index is 0.126. The molecular weight excluding hydrogens is 300 g/mol. The van der Waals surface area contributed by atoms with Crippen LogP contribution in [0.2, 0.25) is 0 Å². The van der Waals surface area contributed by atoms with Crippen LogP contribution in [0.4, 0.5) is 16.3 Å². The molecule has 1 amide bonds. The van der Waals surface area contributed by atoms with Crippen LogP contribution in [0.1, 0.15) is 32.8 Å². The zero-order valence-electron chi connectivity index (χ0n) is 13.4. The van der Waals surface area contributed by atoms with Gasteiger partial charge in [0.1, 0.15) is 5.60 Å². The Kier molecular flexibility index (Phi) is 4.53. The second kappa shape index (κ2) is 6.23. The van der Waals surface area contributed by atoms with E-state index in [4.69, 9.17) is 10.5 Å². The number of pyridine rings is 1. The first-order chi connectivity index (χ1) is 10.7. The Hall–Kier alpha value is -2.64. The van der Waals surface area contributed by atoms with Crippen LogP contribution in [0.25, 0.3) is 5.57 Å². The molecule has 0 atom stereocenters. The van der Waals surface area contributed by atoms with Gasteiger partial charge in [-0.15, -0.1) is 0 Å². The molecule has 0 aromatic carbocycles. The topological polar surface area (TPSA) is 112 Å². The Labute approximate surface area is 134 Å². The SMILES string of the molecule is CC(C)(C)OC(=O)N1CCC=C(c2cnc(N)c([N+](=O)[O-])c2)C1. The minimum Gasteiger partial charge on any atom is -0.444 e. The molecule has 1 aromatic heterocycles. The van der Waals surface area contributed by atoms with Gasteiger partial charge in [0.25, 0.3) is 0 Å². The molecule has 2 N–H and O–H groups in total. The highest BCUT2D eigenvalue weighted by atomic mass is 16.6. The van der Waals surface area contributed by atoms with E-state index in [2.05, 4.69) is 4.98 Å². The predicted molar refractivity (Wildman–Crippen MR) is 85.7 cm³/mol. The van der Waals surface area contributed by atoms with Crippen molar-refractivity contribution in [3.05, 3.63) is 34.0 Å². The zero-order chi connectivity index (χ0) is 17.2. The lowest BCUT2D eigenvalue weighted by molar-refractivity contribution is -0.384. The van der Waals surface area contributed by atoms with Crippen molar-refractivity contribution in [2.75, 3.05) is 18.8 Å². The lowest BCUT2D eigenvalue weighted by atomic mass is 10.0. The maximum atomic E-state index is 12.2. The fraction of sp³-hybridized carbons (Fsp3) is 0.467. The van der Waals surface area contributed by atoms with E-state index < -0.39 is 16.6 Å². The maximum absolute atomic E-state index is 12.2. The highest BCUT2D eigenvalue weighted by Gasteiger charge is 2.25. The zero-order valence-corrected chi connectivity index (χ0v) is 13.4. The van der Waals surface area contributed by atoms with Crippen LogP contribution in [-0.4, -0.2) is 39.6 Å². The second-order valence-corrected chi connectivity index (χ2v) is 6.31. The Bertz CT molecular complexity index is 664. The fourth-order valence-electron chi connectivity index (χ4n) is 2.22. The molecule has 0 aliphatic carbocycles. The van der Waals surface area contributed by atoms with E-state index in [0.29, 0.717) is 25.1 Å². The molecule has 2 heterocycles. The number of hydrogen-bond donors (Lipinski definition) is 1. The van der Waals surface area contributed by atoms with Gasteiger partial charge in [-0.1, -0.05) is 6.08 Å². The largest absolute Gasteiger partial charge is 0.444 e. The second-order valence-electron chi connectivity index (χ2n) is 6.31. The van der Waals surface area contributed by atoms with Crippen molar-refractivity contribution in [2.45, 2.75) is 32.8 Å². The van der Waals surface area contributed by atoms with Crippen LogP contribution < -0.4 is 5.73 Å². The molecule has 0 spiro atoms. The van der Waals surface area contributed by atoms with Gasteiger partial charge < -0.3 is 15.4 Å². The number of rotatable bonds is 2. The van der Waals surface area contributed by atoms with Gasteiger partial charge in [0.05, 0.1) is 4.92 Å². The summed E-state index contributed by atoms with van der Waals surface area (Å²) in [7, 11) is 0.